The van der Waals surface area contributed by atoms with Gasteiger partial charge in [-0.05, 0) is 52.4 Å². The van der Waals surface area contributed by atoms with Gasteiger partial charge in [0.15, 0.2) is 0 Å². The van der Waals surface area contributed by atoms with Gasteiger partial charge in [-0.3, -0.25) is 0 Å². The summed E-state index contributed by atoms with van der Waals surface area (Å²) in [5.41, 5.74) is 0.722. The van der Waals surface area contributed by atoms with Gasteiger partial charge in [-0.25, -0.2) is 4.79 Å². The van der Waals surface area contributed by atoms with E-state index < -0.39 is 5.60 Å². The fraction of sp³-hybridized carbons (Fsp3) is 0.714. The van der Waals surface area contributed by atoms with Gasteiger partial charge in [-0.15, -0.1) is 0 Å². The van der Waals surface area contributed by atoms with Gasteiger partial charge in [0.25, 0.3) is 0 Å². The van der Waals surface area contributed by atoms with Crippen LogP contribution in [-0.2, 0) is 4.74 Å². The van der Waals surface area contributed by atoms with E-state index >= 15 is 0 Å². The second kappa shape index (κ2) is 5.63. The third-order valence-corrected chi connectivity index (χ3v) is 3.37. The Hall–Kier alpha value is -1.52. The summed E-state index contributed by atoms with van der Waals surface area (Å²) < 4.78 is 10.1. The Morgan fingerprint density at radius 1 is 1.37 bits per heavy atom. The summed E-state index contributed by atoms with van der Waals surface area (Å²) in [4.78, 5) is 11.7. The first-order chi connectivity index (χ1) is 8.94. The highest BCUT2D eigenvalue weighted by atomic mass is 16.6. The number of rotatable bonds is 2. The normalized spacial score (nSPS) is 23.9. The minimum Gasteiger partial charge on any atom is -0.444 e. The van der Waals surface area contributed by atoms with Crippen LogP contribution in [0.15, 0.2) is 17.0 Å². The molecule has 106 valence electrons. The number of aromatic nitrogens is 1. The van der Waals surface area contributed by atoms with Gasteiger partial charge in [0, 0.05) is 11.6 Å². The molecule has 1 aromatic heterocycles. The standard InChI is InChI=1S/C14H22N2O3/c1-14(2,3)19-13(17)16-12-6-4-10(5-7-12)11-8-15-18-9-11/h8-10,12H,4-7H2,1-3H3,(H,16,17)/t10-,12-. The van der Waals surface area contributed by atoms with Crippen molar-refractivity contribution in [2.24, 2.45) is 0 Å². The van der Waals surface area contributed by atoms with E-state index in [1.54, 1.807) is 12.5 Å². The van der Waals surface area contributed by atoms with Crippen molar-refractivity contribution >= 4 is 6.09 Å². The molecule has 19 heavy (non-hydrogen) atoms. The van der Waals surface area contributed by atoms with Crippen molar-refractivity contribution in [1.82, 2.24) is 10.5 Å². The van der Waals surface area contributed by atoms with Crippen LogP contribution in [-0.4, -0.2) is 22.9 Å². The van der Waals surface area contributed by atoms with E-state index in [1.807, 2.05) is 20.8 Å². The molecule has 1 aliphatic rings. The van der Waals surface area contributed by atoms with Crippen molar-refractivity contribution in [3.63, 3.8) is 0 Å². The summed E-state index contributed by atoms with van der Waals surface area (Å²) in [5.74, 6) is 0.503. The zero-order chi connectivity index (χ0) is 13.9. The smallest absolute Gasteiger partial charge is 0.407 e. The van der Waals surface area contributed by atoms with Gasteiger partial charge < -0.3 is 14.6 Å². The van der Waals surface area contributed by atoms with Gasteiger partial charge in [0.1, 0.15) is 11.9 Å². The topological polar surface area (TPSA) is 64.4 Å². The Morgan fingerprint density at radius 2 is 2.05 bits per heavy atom. The van der Waals surface area contributed by atoms with Gasteiger partial charge in [0.2, 0.25) is 0 Å². The molecular weight excluding hydrogens is 244 g/mol. The molecule has 5 nitrogen and oxygen atoms in total. The van der Waals surface area contributed by atoms with Gasteiger partial charge in [-0.1, -0.05) is 5.16 Å². The number of carbonyl (C=O) groups excluding carboxylic acids is 1. The molecule has 1 aromatic rings. The Balaban J connectivity index is 1.76. The number of nitrogens with one attached hydrogen (secondary N) is 1. The average Bonchev–Trinajstić information content (AvgIpc) is 2.80. The first-order valence-corrected chi connectivity index (χ1v) is 6.83. The van der Waals surface area contributed by atoms with E-state index in [0.29, 0.717) is 5.92 Å². The third kappa shape index (κ3) is 4.26. The Morgan fingerprint density at radius 3 is 2.58 bits per heavy atom. The summed E-state index contributed by atoms with van der Waals surface area (Å²) in [6.45, 7) is 5.61. The molecule has 5 heteroatoms. The van der Waals surface area contributed by atoms with Crippen LogP contribution in [0.5, 0.6) is 0 Å². The highest BCUT2D eigenvalue weighted by Gasteiger charge is 2.26. The van der Waals surface area contributed by atoms with E-state index in [2.05, 4.69) is 10.5 Å². The predicted octanol–water partition coefficient (Wildman–Crippen LogP) is 3.23. The van der Waals surface area contributed by atoms with Crippen LogP contribution in [0.4, 0.5) is 4.79 Å². The lowest BCUT2D eigenvalue weighted by atomic mass is 9.83. The fourth-order valence-electron chi connectivity index (χ4n) is 2.46. The van der Waals surface area contributed by atoms with Crippen LogP contribution in [0.2, 0.25) is 0 Å². The average molecular weight is 266 g/mol. The molecule has 1 saturated carbocycles. The van der Waals surface area contributed by atoms with Crippen LogP contribution in [0.1, 0.15) is 57.9 Å². The summed E-state index contributed by atoms with van der Waals surface area (Å²) >= 11 is 0. The maximum Gasteiger partial charge on any atom is 0.407 e. The van der Waals surface area contributed by atoms with E-state index in [1.165, 1.54) is 0 Å². The van der Waals surface area contributed by atoms with Crippen molar-refractivity contribution in [3.05, 3.63) is 18.0 Å². The molecule has 0 aromatic carbocycles. The quantitative estimate of drug-likeness (QED) is 0.892. The molecule has 0 unspecified atom stereocenters. The molecule has 0 spiro atoms. The Bertz CT molecular complexity index is 401. The van der Waals surface area contributed by atoms with Crippen LogP contribution < -0.4 is 5.32 Å². The first-order valence-electron chi connectivity index (χ1n) is 6.83. The highest BCUT2D eigenvalue weighted by molar-refractivity contribution is 5.68. The van der Waals surface area contributed by atoms with E-state index in [9.17, 15) is 4.79 Å². The van der Waals surface area contributed by atoms with Gasteiger partial charge in [0.05, 0.1) is 6.20 Å². The molecule has 0 radical (unpaired) electrons. The molecule has 2 rings (SSSR count). The zero-order valence-electron chi connectivity index (χ0n) is 11.8. The zero-order valence-corrected chi connectivity index (χ0v) is 11.8. The maximum absolute atomic E-state index is 11.7. The van der Waals surface area contributed by atoms with E-state index in [4.69, 9.17) is 9.26 Å². The maximum atomic E-state index is 11.7. The minimum atomic E-state index is -0.441. The van der Waals surface area contributed by atoms with Crippen LogP contribution in [0.25, 0.3) is 0 Å². The monoisotopic (exact) mass is 266 g/mol. The van der Waals surface area contributed by atoms with E-state index in [0.717, 1.165) is 31.2 Å². The number of hydrogen-bond acceptors (Lipinski definition) is 4. The third-order valence-electron chi connectivity index (χ3n) is 3.37. The number of ether oxygens (including phenoxy) is 1. The molecule has 1 fully saturated rings. The van der Waals surface area contributed by atoms with Crippen molar-refractivity contribution in [2.75, 3.05) is 0 Å². The fourth-order valence-corrected chi connectivity index (χ4v) is 2.46. The van der Waals surface area contributed by atoms with Gasteiger partial charge >= 0.3 is 6.09 Å². The molecule has 1 N–H and O–H groups in total. The molecular formula is C14H22N2O3. The van der Waals surface area contributed by atoms with Crippen molar-refractivity contribution in [3.8, 4) is 0 Å². The SMILES string of the molecule is CC(C)(C)OC(=O)N[C@H]1CC[C@H](c2cnoc2)CC1. The summed E-state index contributed by atoms with van der Waals surface area (Å²) in [7, 11) is 0. The molecule has 1 heterocycles. The summed E-state index contributed by atoms with van der Waals surface area (Å²) in [5, 5.41) is 6.68. The second-order valence-electron chi connectivity index (χ2n) is 6.15. The Kier molecular flexibility index (Phi) is 4.12. The van der Waals surface area contributed by atoms with Crippen molar-refractivity contribution < 1.29 is 14.1 Å². The second-order valence-corrected chi connectivity index (χ2v) is 6.15. The molecule has 1 aliphatic carbocycles. The van der Waals surface area contributed by atoms with Crippen LogP contribution in [0.3, 0.4) is 0 Å². The summed E-state index contributed by atoms with van der Waals surface area (Å²) in [6.07, 6.45) is 7.20. The molecule has 1 amide bonds. The lowest BCUT2D eigenvalue weighted by Crippen LogP contribution is -2.40. The molecule has 0 atom stereocenters. The van der Waals surface area contributed by atoms with E-state index in [-0.39, 0.29) is 12.1 Å². The summed E-state index contributed by atoms with van der Waals surface area (Å²) in [6, 6.07) is 0.214. The lowest BCUT2D eigenvalue weighted by molar-refractivity contribution is 0.0491. The predicted molar refractivity (Wildman–Crippen MR) is 70.9 cm³/mol. The molecule has 0 aliphatic heterocycles. The van der Waals surface area contributed by atoms with Crippen LogP contribution >= 0.6 is 0 Å². The minimum absolute atomic E-state index is 0.214. The highest BCUT2D eigenvalue weighted by Crippen LogP contribution is 2.32. The van der Waals surface area contributed by atoms with Gasteiger partial charge in [-0.2, -0.15) is 0 Å². The van der Waals surface area contributed by atoms with Crippen LogP contribution in [0, 0.1) is 0 Å². The molecule has 0 saturated heterocycles. The van der Waals surface area contributed by atoms with Crippen molar-refractivity contribution in [2.45, 2.75) is 64.0 Å². The number of alkyl carbamates (subject to hydrolysis) is 1. The number of nitrogens with zero attached hydrogens (tertiary/aromatic N) is 1. The first kappa shape index (κ1) is 13.9. The largest absolute Gasteiger partial charge is 0.444 e. The Labute approximate surface area is 113 Å². The number of amides is 1. The number of carbonyl (C=O) groups is 1. The number of hydrogen-bond donors (Lipinski definition) is 1. The lowest BCUT2D eigenvalue weighted by Gasteiger charge is -2.29. The van der Waals surface area contributed by atoms with Crippen molar-refractivity contribution in [1.29, 1.82) is 0 Å². The molecule has 0 bridgehead atoms.